The molecule has 0 aliphatic rings. The van der Waals surface area contributed by atoms with Crippen molar-refractivity contribution >= 4 is 44.5 Å². The molecule has 0 bridgehead atoms. The van der Waals surface area contributed by atoms with Gasteiger partial charge in [-0.25, -0.2) is 8.42 Å². The van der Waals surface area contributed by atoms with Crippen LogP contribution in [-0.2, 0) is 21.0 Å². The summed E-state index contributed by atoms with van der Waals surface area (Å²) in [5.74, 6) is -0.756. The van der Waals surface area contributed by atoms with E-state index in [1.807, 2.05) is 0 Å². The first-order chi connectivity index (χ1) is 15.5. The van der Waals surface area contributed by atoms with Crippen LogP contribution >= 0.6 is 11.3 Å². The van der Waals surface area contributed by atoms with Crippen LogP contribution in [0.3, 0.4) is 0 Å². The number of halogens is 3. The van der Waals surface area contributed by atoms with Gasteiger partial charge in [-0.1, -0.05) is 18.2 Å². The van der Waals surface area contributed by atoms with Crippen LogP contribution < -0.4 is 15.4 Å². The number of rotatable bonds is 8. The van der Waals surface area contributed by atoms with Crippen molar-refractivity contribution in [3.8, 4) is 0 Å². The van der Waals surface area contributed by atoms with E-state index in [1.54, 1.807) is 17.5 Å². The van der Waals surface area contributed by atoms with E-state index in [-0.39, 0.29) is 35.1 Å². The van der Waals surface area contributed by atoms with Gasteiger partial charge in [-0.15, -0.1) is 11.3 Å². The number of amides is 2. The summed E-state index contributed by atoms with van der Waals surface area (Å²) in [5.41, 5.74) is -1.06. The SMILES string of the molecule is O=C(CCNC(=O)c1cccs1)Nc1cccc(S(=O)(=O)Nc2cccc(C(F)(F)F)c2)c1. The third kappa shape index (κ3) is 6.80. The van der Waals surface area contributed by atoms with Crippen LogP contribution in [0, 0.1) is 0 Å². The standard InChI is InChI=1S/C21H18F3N3O4S2/c22-21(23,24)14-4-1-6-16(12-14)27-33(30,31)17-7-2-5-15(13-17)26-19(28)9-10-25-20(29)18-8-3-11-32-18/h1-8,11-13,27H,9-10H2,(H,25,29)(H,26,28). The van der Waals surface area contributed by atoms with E-state index in [2.05, 4.69) is 15.4 Å². The summed E-state index contributed by atoms with van der Waals surface area (Å²) in [6.45, 7) is 0.0810. The van der Waals surface area contributed by atoms with Crippen LogP contribution in [0.2, 0.25) is 0 Å². The number of carbonyl (C=O) groups is 2. The zero-order valence-corrected chi connectivity index (χ0v) is 18.5. The van der Waals surface area contributed by atoms with E-state index < -0.39 is 27.7 Å². The lowest BCUT2D eigenvalue weighted by Gasteiger charge is -2.12. The Bertz CT molecular complexity index is 1240. The number of carbonyl (C=O) groups excluding carboxylic acids is 2. The van der Waals surface area contributed by atoms with Crippen molar-refractivity contribution in [2.45, 2.75) is 17.5 Å². The molecule has 0 saturated carbocycles. The van der Waals surface area contributed by atoms with Crippen molar-refractivity contribution in [3.63, 3.8) is 0 Å². The minimum absolute atomic E-state index is 0.0451. The molecular formula is C21H18F3N3O4S2. The summed E-state index contributed by atoms with van der Waals surface area (Å²) in [5, 5.41) is 6.89. The summed E-state index contributed by atoms with van der Waals surface area (Å²) in [6.07, 6.45) is -4.66. The van der Waals surface area contributed by atoms with Gasteiger partial charge >= 0.3 is 6.18 Å². The van der Waals surface area contributed by atoms with Crippen molar-refractivity contribution in [1.29, 1.82) is 0 Å². The molecule has 33 heavy (non-hydrogen) atoms. The molecule has 2 aromatic carbocycles. The second-order valence-electron chi connectivity index (χ2n) is 6.74. The number of thiophene rings is 1. The Morgan fingerprint density at radius 1 is 0.939 bits per heavy atom. The average Bonchev–Trinajstić information content (AvgIpc) is 3.28. The van der Waals surface area contributed by atoms with Crippen LogP contribution in [0.5, 0.6) is 0 Å². The normalized spacial score (nSPS) is 11.6. The van der Waals surface area contributed by atoms with Gasteiger partial charge in [0.25, 0.3) is 15.9 Å². The minimum atomic E-state index is -4.62. The first kappa shape index (κ1) is 24.3. The Balaban J connectivity index is 1.61. The first-order valence-electron chi connectivity index (χ1n) is 9.46. The monoisotopic (exact) mass is 497 g/mol. The number of anilines is 2. The highest BCUT2D eigenvalue weighted by Gasteiger charge is 2.30. The van der Waals surface area contributed by atoms with Gasteiger partial charge in [-0.3, -0.25) is 14.3 Å². The molecule has 0 atom stereocenters. The highest BCUT2D eigenvalue weighted by molar-refractivity contribution is 7.92. The van der Waals surface area contributed by atoms with Crippen LogP contribution in [0.15, 0.2) is 70.9 Å². The fourth-order valence-corrected chi connectivity index (χ4v) is 4.46. The van der Waals surface area contributed by atoms with Crippen molar-refractivity contribution in [3.05, 3.63) is 76.5 Å². The summed E-state index contributed by atoms with van der Waals surface area (Å²) >= 11 is 1.27. The maximum Gasteiger partial charge on any atom is 0.416 e. The van der Waals surface area contributed by atoms with Gasteiger partial charge in [-0.2, -0.15) is 13.2 Å². The van der Waals surface area contributed by atoms with Crippen LogP contribution in [0.25, 0.3) is 0 Å². The lowest BCUT2D eigenvalue weighted by atomic mass is 10.2. The number of alkyl halides is 3. The number of benzene rings is 2. The first-order valence-corrected chi connectivity index (χ1v) is 11.8. The van der Waals surface area contributed by atoms with Crippen LogP contribution in [-0.4, -0.2) is 26.8 Å². The third-order valence-corrected chi connectivity index (χ3v) is 6.50. The van der Waals surface area contributed by atoms with Gasteiger partial charge in [-0.05, 0) is 47.8 Å². The second-order valence-corrected chi connectivity index (χ2v) is 9.37. The number of sulfonamides is 1. The summed E-state index contributed by atoms with van der Waals surface area (Å²) in [4.78, 5) is 24.3. The van der Waals surface area contributed by atoms with E-state index in [0.29, 0.717) is 10.9 Å². The lowest BCUT2D eigenvalue weighted by Crippen LogP contribution is -2.27. The molecule has 3 N–H and O–H groups in total. The minimum Gasteiger partial charge on any atom is -0.351 e. The Kier molecular flexibility index (Phi) is 7.39. The van der Waals surface area contributed by atoms with Crippen molar-refractivity contribution in [2.75, 3.05) is 16.6 Å². The molecule has 3 rings (SSSR count). The molecule has 3 aromatic rings. The molecule has 1 heterocycles. The maximum absolute atomic E-state index is 12.9. The second kappa shape index (κ2) is 10.0. The van der Waals surface area contributed by atoms with Crippen LogP contribution in [0.1, 0.15) is 21.7 Å². The van der Waals surface area contributed by atoms with Gasteiger partial charge in [0.2, 0.25) is 5.91 Å². The molecule has 2 amide bonds. The van der Waals surface area contributed by atoms with Gasteiger partial charge in [0.05, 0.1) is 15.3 Å². The van der Waals surface area contributed by atoms with E-state index >= 15 is 0 Å². The van der Waals surface area contributed by atoms with Gasteiger partial charge < -0.3 is 10.6 Å². The Morgan fingerprint density at radius 3 is 2.36 bits per heavy atom. The third-order valence-electron chi connectivity index (χ3n) is 4.25. The Morgan fingerprint density at radius 2 is 1.67 bits per heavy atom. The molecule has 0 aliphatic heterocycles. The van der Waals surface area contributed by atoms with Gasteiger partial charge in [0.1, 0.15) is 0 Å². The molecule has 174 valence electrons. The predicted octanol–water partition coefficient (Wildman–Crippen LogP) is 4.33. The highest BCUT2D eigenvalue weighted by Crippen LogP contribution is 2.31. The van der Waals surface area contributed by atoms with Crippen molar-refractivity contribution < 1.29 is 31.2 Å². The number of hydrogen-bond acceptors (Lipinski definition) is 5. The highest BCUT2D eigenvalue weighted by atomic mass is 32.2. The fraction of sp³-hybridized carbons (Fsp3) is 0.143. The predicted molar refractivity (Wildman–Crippen MR) is 119 cm³/mol. The molecule has 7 nitrogen and oxygen atoms in total. The Hall–Kier alpha value is -3.38. The van der Waals surface area contributed by atoms with Crippen molar-refractivity contribution in [2.24, 2.45) is 0 Å². The van der Waals surface area contributed by atoms with Crippen LogP contribution in [0.4, 0.5) is 24.5 Å². The van der Waals surface area contributed by atoms with Gasteiger partial charge in [0, 0.05) is 24.3 Å². The van der Waals surface area contributed by atoms with E-state index in [0.717, 1.165) is 12.1 Å². The topological polar surface area (TPSA) is 104 Å². The molecule has 1 aromatic heterocycles. The fourth-order valence-electron chi connectivity index (χ4n) is 2.72. The zero-order chi connectivity index (χ0) is 24.1. The van der Waals surface area contributed by atoms with Crippen molar-refractivity contribution in [1.82, 2.24) is 5.32 Å². The van der Waals surface area contributed by atoms with E-state index in [9.17, 15) is 31.2 Å². The quantitative estimate of drug-likeness (QED) is 0.431. The number of nitrogens with one attached hydrogen (secondary N) is 3. The molecule has 0 saturated heterocycles. The summed E-state index contributed by atoms with van der Waals surface area (Å²) < 4.78 is 65.9. The molecule has 0 aliphatic carbocycles. The summed E-state index contributed by atoms with van der Waals surface area (Å²) in [6, 6.07) is 12.5. The molecule has 0 unspecified atom stereocenters. The molecule has 0 fully saturated rings. The molecule has 12 heteroatoms. The van der Waals surface area contributed by atoms with E-state index in [1.165, 1.54) is 41.7 Å². The van der Waals surface area contributed by atoms with Gasteiger partial charge in [0.15, 0.2) is 0 Å². The molecule has 0 spiro atoms. The molecule has 0 radical (unpaired) electrons. The van der Waals surface area contributed by atoms with E-state index in [4.69, 9.17) is 0 Å². The lowest BCUT2D eigenvalue weighted by molar-refractivity contribution is -0.137. The number of hydrogen-bond donors (Lipinski definition) is 3. The smallest absolute Gasteiger partial charge is 0.351 e. The largest absolute Gasteiger partial charge is 0.416 e. The molecular weight excluding hydrogens is 479 g/mol. The summed E-state index contributed by atoms with van der Waals surface area (Å²) in [7, 11) is -4.21. The average molecular weight is 498 g/mol. The maximum atomic E-state index is 12.9. The zero-order valence-electron chi connectivity index (χ0n) is 16.8. The Labute approximate surface area is 191 Å².